The summed E-state index contributed by atoms with van der Waals surface area (Å²) in [5, 5.41) is 11.9. The molecule has 70 valence electrons. The number of nitrogens with zero attached hydrogens (tertiary/aromatic N) is 4. The van der Waals surface area contributed by atoms with Crippen LogP contribution in [0, 0.1) is 0 Å². The van der Waals surface area contributed by atoms with E-state index in [9.17, 15) is 0 Å². The van der Waals surface area contributed by atoms with Crippen molar-refractivity contribution in [3.8, 4) is 0 Å². The molecule has 0 saturated carbocycles. The van der Waals surface area contributed by atoms with E-state index in [4.69, 9.17) is 0 Å². The highest BCUT2D eigenvalue weighted by Gasteiger charge is 1.88. The Bertz CT molecular complexity index is 170. The van der Waals surface area contributed by atoms with Crippen LogP contribution in [0.1, 0.15) is 13.3 Å². The summed E-state index contributed by atoms with van der Waals surface area (Å²) in [5.41, 5.74) is 1.06. The Morgan fingerprint density at radius 1 is 1.17 bits per heavy atom. The van der Waals surface area contributed by atoms with Crippen molar-refractivity contribution in [1.29, 1.82) is 0 Å². The van der Waals surface area contributed by atoms with Crippen molar-refractivity contribution < 1.29 is 0 Å². The molecule has 0 radical (unpaired) electrons. The summed E-state index contributed by atoms with van der Waals surface area (Å²) in [6.45, 7) is 1.99. The fraction of sp³-hybridized carbons (Fsp3) is 0.750. The highest BCUT2D eigenvalue weighted by molar-refractivity contribution is 5.93. The fourth-order valence-corrected chi connectivity index (χ4v) is 0.718. The molecule has 0 unspecified atom stereocenters. The average Bonchev–Trinajstić information content (AvgIpc) is 1.84. The first-order chi connectivity index (χ1) is 5.52. The second-order valence-electron chi connectivity index (χ2n) is 3.03. The zero-order chi connectivity index (χ0) is 9.56. The summed E-state index contributed by atoms with van der Waals surface area (Å²) in [7, 11) is 7.61. The molecule has 0 aromatic heterocycles. The number of hydrogen-bond donors (Lipinski definition) is 0. The smallest absolute Gasteiger partial charge is 0.0403 e. The van der Waals surface area contributed by atoms with E-state index >= 15 is 0 Å². The molecular formula is C8H18N4. The van der Waals surface area contributed by atoms with E-state index in [1.54, 1.807) is 10.0 Å². The van der Waals surface area contributed by atoms with Crippen molar-refractivity contribution in [1.82, 2.24) is 10.0 Å². The van der Waals surface area contributed by atoms with Gasteiger partial charge in [0.15, 0.2) is 0 Å². The molecule has 0 aliphatic rings. The Balaban J connectivity index is 3.78. The van der Waals surface area contributed by atoms with Gasteiger partial charge in [-0.3, -0.25) is 0 Å². The molecule has 0 amide bonds. The zero-order valence-electron chi connectivity index (χ0n) is 8.57. The number of hydrazone groups is 2. The molecule has 0 spiro atoms. The monoisotopic (exact) mass is 170 g/mol. The van der Waals surface area contributed by atoms with Crippen LogP contribution in [-0.2, 0) is 0 Å². The first kappa shape index (κ1) is 10.9. The molecule has 0 aromatic rings. The Hall–Kier alpha value is -1.06. The quantitative estimate of drug-likeness (QED) is 0.463. The lowest BCUT2D eigenvalue weighted by Gasteiger charge is -2.05. The summed E-state index contributed by atoms with van der Waals surface area (Å²) >= 11 is 0. The van der Waals surface area contributed by atoms with Gasteiger partial charge in [-0.1, -0.05) is 0 Å². The van der Waals surface area contributed by atoms with Crippen LogP contribution in [0.2, 0.25) is 0 Å². The van der Waals surface area contributed by atoms with E-state index in [0.717, 1.165) is 12.1 Å². The SMILES string of the molecule is C/C(C/C=N/N(C)C)=N\N(C)C. The Morgan fingerprint density at radius 2 is 1.75 bits per heavy atom. The molecule has 4 nitrogen and oxygen atoms in total. The second-order valence-corrected chi connectivity index (χ2v) is 3.03. The summed E-state index contributed by atoms with van der Waals surface area (Å²) in [4.78, 5) is 0. The number of rotatable bonds is 4. The highest BCUT2D eigenvalue weighted by atomic mass is 15.4. The van der Waals surface area contributed by atoms with Gasteiger partial charge in [0.25, 0.3) is 0 Å². The minimum Gasteiger partial charge on any atom is -0.303 e. The fourth-order valence-electron chi connectivity index (χ4n) is 0.718. The standard InChI is InChI=1S/C8H18N4/c1-8(10-12(4)5)6-7-9-11(2)3/h7H,6H2,1-5H3/b9-7+,10-8+. The molecule has 0 aliphatic heterocycles. The maximum atomic E-state index is 4.21. The molecule has 0 bridgehead atoms. The van der Waals surface area contributed by atoms with E-state index in [1.165, 1.54) is 0 Å². The Labute approximate surface area is 74.5 Å². The summed E-state index contributed by atoms with van der Waals surface area (Å²) in [5.74, 6) is 0. The van der Waals surface area contributed by atoms with Crippen LogP contribution in [0.3, 0.4) is 0 Å². The van der Waals surface area contributed by atoms with Crippen molar-refractivity contribution in [3.05, 3.63) is 0 Å². The van der Waals surface area contributed by atoms with Gasteiger partial charge in [-0.2, -0.15) is 10.2 Å². The third kappa shape index (κ3) is 7.05. The van der Waals surface area contributed by atoms with E-state index in [-0.39, 0.29) is 0 Å². The molecule has 0 aliphatic carbocycles. The summed E-state index contributed by atoms with van der Waals surface area (Å²) in [6, 6.07) is 0. The first-order valence-electron chi connectivity index (χ1n) is 3.93. The third-order valence-corrected chi connectivity index (χ3v) is 1.07. The van der Waals surface area contributed by atoms with Crippen molar-refractivity contribution in [2.24, 2.45) is 10.2 Å². The van der Waals surface area contributed by atoms with Gasteiger partial charge in [-0.25, -0.2) is 0 Å². The second kappa shape index (κ2) is 5.57. The maximum Gasteiger partial charge on any atom is 0.0403 e. The van der Waals surface area contributed by atoms with Gasteiger partial charge < -0.3 is 10.0 Å². The Kier molecular flexibility index (Phi) is 5.08. The molecule has 0 rings (SSSR count). The van der Waals surface area contributed by atoms with Crippen LogP contribution in [0.25, 0.3) is 0 Å². The average molecular weight is 170 g/mol. The van der Waals surface area contributed by atoms with Crippen LogP contribution in [0.5, 0.6) is 0 Å². The largest absolute Gasteiger partial charge is 0.303 e. The van der Waals surface area contributed by atoms with Crippen LogP contribution < -0.4 is 0 Å². The molecule has 0 heterocycles. The normalized spacial score (nSPS) is 12.2. The highest BCUT2D eigenvalue weighted by Crippen LogP contribution is 1.86. The lowest BCUT2D eigenvalue weighted by atomic mass is 10.3. The van der Waals surface area contributed by atoms with Crippen LogP contribution in [-0.4, -0.2) is 50.1 Å². The van der Waals surface area contributed by atoms with Crippen LogP contribution in [0.4, 0.5) is 0 Å². The Morgan fingerprint density at radius 3 is 2.17 bits per heavy atom. The van der Waals surface area contributed by atoms with Crippen molar-refractivity contribution in [2.75, 3.05) is 28.2 Å². The summed E-state index contributed by atoms with van der Waals surface area (Å²) in [6.07, 6.45) is 2.65. The van der Waals surface area contributed by atoms with Gasteiger partial charge in [0.2, 0.25) is 0 Å². The third-order valence-electron chi connectivity index (χ3n) is 1.07. The van der Waals surface area contributed by atoms with Gasteiger partial charge in [0, 0.05) is 46.5 Å². The summed E-state index contributed by atoms with van der Waals surface area (Å²) < 4.78 is 0. The van der Waals surface area contributed by atoms with Crippen molar-refractivity contribution in [2.45, 2.75) is 13.3 Å². The molecule has 0 saturated heterocycles. The molecule has 12 heavy (non-hydrogen) atoms. The molecule has 0 aromatic carbocycles. The predicted molar refractivity (Wildman–Crippen MR) is 53.6 cm³/mol. The van der Waals surface area contributed by atoms with Gasteiger partial charge in [-0.15, -0.1) is 0 Å². The van der Waals surface area contributed by atoms with Crippen molar-refractivity contribution >= 4 is 11.9 Å². The molecule has 0 N–H and O–H groups in total. The predicted octanol–water partition coefficient (Wildman–Crippen LogP) is 0.861. The van der Waals surface area contributed by atoms with Gasteiger partial charge in [-0.05, 0) is 6.92 Å². The van der Waals surface area contributed by atoms with Gasteiger partial charge >= 0.3 is 0 Å². The number of hydrogen-bond acceptors (Lipinski definition) is 4. The van der Waals surface area contributed by atoms with Gasteiger partial charge in [0.05, 0.1) is 0 Å². The lowest BCUT2D eigenvalue weighted by molar-refractivity contribution is 0.435. The van der Waals surface area contributed by atoms with Crippen LogP contribution >= 0.6 is 0 Å². The topological polar surface area (TPSA) is 31.2 Å². The molecular weight excluding hydrogens is 152 g/mol. The maximum absolute atomic E-state index is 4.21. The van der Waals surface area contributed by atoms with Crippen molar-refractivity contribution in [3.63, 3.8) is 0 Å². The van der Waals surface area contributed by atoms with E-state index in [1.807, 2.05) is 41.3 Å². The molecule has 0 atom stereocenters. The molecule has 4 heteroatoms. The van der Waals surface area contributed by atoms with Gasteiger partial charge in [0.1, 0.15) is 0 Å². The van der Waals surface area contributed by atoms with E-state index < -0.39 is 0 Å². The lowest BCUT2D eigenvalue weighted by Crippen LogP contribution is -2.07. The van der Waals surface area contributed by atoms with E-state index in [0.29, 0.717) is 0 Å². The first-order valence-corrected chi connectivity index (χ1v) is 3.93. The zero-order valence-corrected chi connectivity index (χ0v) is 8.57. The van der Waals surface area contributed by atoms with Crippen LogP contribution in [0.15, 0.2) is 10.2 Å². The molecule has 0 fully saturated rings. The van der Waals surface area contributed by atoms with E-state index in [2.05, 4.69) is 10.2 Å². The minimum absolute atomic E-state index is 0.802. The minimum atomic E-state index is 0.802.